The average Bonchev–Trinajstić information content (AvgIpc) is 3.58. The van der Waals surface area contributed by atoms with Crippen molar-refractivity contribution in [3.05, 3.63) is 41.7 Å². The van der Waals surface area contributed by atoms with Crippen molar-refractivity contribution in [2.75, 3.05) is 12.4 Å². The Kier molecular flexibility index (Phi) is 8.17. The number of aliphatic carboxylic acids is 1. The topological polar surface area (TPSA) is 94.1 Å². The van der Waals surface area contributed by atoms with Crippen molar-refractivity contribution in [2.45, 2.75) is 83.0 Å². The highest BCUT2D eigenvalue weighted by Crippen LogP contribution is 2.40. The molecule has 2 aromatic carbocycles. The zero-order valence-corrected chi connectivity index (χ0v) is 21.8. The number of methoxy groups -OCH3 is 1. The summed E-state index contributed by atoms with van der Waals surface area (Å²) in [7, 11) is 1.54. The highest BCUT2D eigenvalue weighted by Gasteiger charge is 2.36. The Bertz CT molecular complexity index is 1170. The number of nitrogens with one attached hydrogen (secondary N) is 1. The second-order valence-electron chi connectivity index (χ2n) is 10.7. The molecule has 2 N–H and O–H groups in total. The standard InChI is InChI=1S/C30H36FNO6/c1-36-22-15-26(28(31)27(16-22)38-21-11-12-21)23-13-10-19(14-18(23)17-37-20-6-2-3-7-20)32-29(33)24-8-4-5-9-25(24)30(34)35/h10,13-16,20-21,24-25H,2-9,11-12,17H2,1H3,(H,32,33)(H,34,35)/t24-,25+/m0/s1. The number of anilines is 1. The van der Waals surface area contributed by atoms with Crippen LogP contribution < -0.4 is 14.8 Å². The van der Waals surface area contributed by atoms with Crippen LogP contribution in [0.25, 0.3) is 11.1 Å². The van der Waals surface area contributed by atoms with Gasteiger partial charge in [0.1, 0.15) is 5.75 Å². The number of benzene rings is 2. The van der Waals surface area contributed by atoms with E-state index in [0.717, 1.165) is 56.9 Å². The molecule has 7 nitrogen and oxygen atoms in total. The van der Waals surface area contributed by atoms with Gasteiger partial charge in [-0.2, -0.15) is 0 Å². The number of hydrogen-bond donors (Lipinski definition) is 2. The molecule has 0 bridgehead atoms. The minimum atomic E-state index is -0.927. The highest BCUT2D eigenvalue weighted by molar-refractivity contribution is 5.95. The molecule has 204 valence electrons. The monoisotopic (exact) mass is 525 g/mol. The number of carbonyl (C=O) groups is 2. The lowest BCUT2D eigenvalue weighted by Crippen LogP contribution is -2.36. The number of hydrogen-bond acceptors (Lipinski definition) is 5. The minimum absolute atomic E-state index is 0.0293. The van der Waals surface area contributed by atoms with Gasteiger partial charge in [-0.15, -0.1) is 0 Å². The van der Waals surface area contributed by atoms with Gasteiger partial charge in [-0.3, -0.25) is 9.59 Å². The summed E-state index contributed by atoms with van der Waals surface area (Å²) in [5.74, 6) is -2.26. The number of rotatable bonds is 10. The average molecular weight is 526 g/mol. The van der Waals surface area contributed by atoms with E-state index in [9.17, 15) is 14.7 Å². The first-order valence-corrected chi connectivity index (χ1v) is 13.8. The van der Waals surface area contributed by atoms with E-state index in [1.165, 1.54) is 7.11 Å². The van der Waals surface area contributed by atoms with Crippen LogP contribution in [0.2, 0.25) is 0 Å². The van der Waals surface area contributed by atoms with Crippen LogP contribution in [0.4, 0.5) is 10.1 Å². The molecule has 3 aliphatic rings. The molecule has 1 amide bonds. The smallest absolute Gasteiger partial charge is 0.307 e. The van der Waals surface area contributed by atoms with Crippen LogP contribution in [0.5, 0.6) is 11.5 Å². The molecule has 3 aliphatic carbocycles. The van der Waals surface area contributed by atoms with Crippen molar-refractivity contribution < 1.29 is 33.3 Å². The molecule has 2 atom stereocenters. The fourth-order valence-electron chi connectivity index (χ4n) is 5.63. The third-order valence-electron chi connectivity index (χ3n) is 7.93. The van der Waals surface area contributed by atoms with E-state index in [1.54, 1.807) is 30.3 Å². The lowest BCUT2D eigenvalue weighted by Gasteiger charge is -2.27. The summed E-state index contributed by atoms with van der Waals surface area (Å²) in [6.07, 6.45) is 8.97. The van der Waals surface area contributed by atoms with E-state index in [0.29, 0.717) is 35.4 Å². The number of carboxylic acids is 1. The van der Waals surface area contributed by atoms with Gasteiger partial charge in [0.05, 0.1) is 37.8 Å². The third kappa shape index (κ3) is 6.12. The van der Waals surface area contributed by atoms with Crippen LogP contribution in [-0.4, -0.2) is 36.3 Å². The lowest BCUT2D eigenvalue weighted by atomic mass is 9.78. The molecule has 0 heterocycles. The van der Waals surface area contributed by atoms with Gasteiger partial charge in [0.25, 0.3) is 0 Å². The maximum absolute atomic E-state index is 15.7. The molecule has 3 fully saturated rings. The van der Waals surface area contributed by atoms with Gasteiger partial charge in [-0.1, -0.05) is 31.7 Å². The largest absolute Gasteiger partial charge is 0.497 e. The Hall–Kier alpha value is -3.13. The Morgan fingerprint density at radius 2 is 1.63 bits per heavy atom. The molecule has 8 heteroatoms. The predicted molar refractivity (Wildman–Crippen MR) is 141 cm³/mol. The third-order valence-corrected chi connectivity index (χ3v) is 7.93. The van der Waals surface area contributed by atoms with Crippen LogP contribution in [0.3, 0.4) is 0 Å². The molecule has 0 aromatic heterocycles. The molecule has 0 unspecified atom stereocenters. The summed E-state index contributed by atoms with van der Waals surface area (Å²) in [6.45, 7) is 0.264. The lowest BCUT2D eigenvalue weighted by molar-refractivity contribution is -0.147. The maximum Gasteiger partial charge on any atom is 0.307 e. The van der Waals surface area contributed by atoms with E-state index < -0.39 is 23.6 Å². The zero-order valence-electron chi connectivity index (χ0n) is 21.8. The molecule has 0 spiro atoms. The quantitative estimate of drug-likeness (QED) is 0.376. The molecule has 0 aliphatic heterocycles. The first kappa shape index (κ1) is 26.5. The fraction of sp³-hybridized carbons (Fsp3) is 0.533. The first-order chi connectivity index (χ1) is 18.4. The highest BCUT2D eigenvalue weighted by atomic mass is 19.1. The van der Waals surface area contributed by atoms with E-state index in [-0.39, 0.29) is 30.5 Å². The van der Waals surface area contributed by atoms with Crippen LogP contribution in [-0.2, 0) is 20.9 Å². The summed E-state index contributed by atoms with van der Waals surface area (Å²) < 4.78 is 33.2. The summed E-state index contributed by atoms with van der Waals surface area (Å²) in [5, 5.41) is 12.5. The van der Waals surface area contributed by atoms with Gasteiger partial charge in [-0.25, -0.2) is 4.39 Å². The van der Waals surface area contributed by atoms with E-state index in [1.807, 2.05) is 0 Å². The Balaban J connectivity index is 1.45. The number of halogens is 1. The van der Waals surface area contributed by atoms with Gasteiger partial charge in [0, 0.05) is 17.3 Å². The van der Waals surface area contributed by atoms with Crippen LogP contribution >= 0.6 is 0 Å². The molecule has 5 rings (SSSR count). The molecule has 38 heavy (non-hydrogen) atoms. The second kappa shape index (κ2) is 11.7. The SMILES string of the molecule is COc1cc(OC2CC2)c(F)c(-c2ccc(NC(=O)[C@H]3CCCC[C@H]3C(=O)O)cc2COC2CCCC2)c1. The summed E-state index contributed by atoms with van der Waals surface area (Å²) in [5.41, 5.74) is 2.26. The van der Waals surface area contributed by atoms with Gasteiger partial charge in [0.15, 0.2) is 11.6 Å². The molecular weight excluding hydrogens is 489 g/mol. The Morgan fingerprint density at radius 3 is 2.32 bits per heavy atom. The number of ether oxygens (including phenoxy) is 3. The minimum Gasteiger partial charge on any atom is -0.497 e. The van der Waals surface area contributed by atoms with Gasteiger partial charge < -0.3 is 24.6 Å². The van der Waals surface area contributed by atoms with Crippen LogP contribution in [0.15, 0.2) is 30.3 Å². The number of carbonyl (C=O) groups excluding carboxylic acids is 1. The Morgan fingerprint density at radius 1 is 0.921 bits per heavy atom. The van der Waals surface area contributed by atoms with Crippen molar-refractivity contribution >= 4 is 17.6 Å². The second-order valence-corrected chi connectivity index (χ2v) is 10.7. The van der Waals surface area contributed by atoms with Crippen molar-refractivity contribution in [1.82, 2.24) is 0 Å². The van der Waals surface area contributed by atoms with E-state index in [4.69, 9.17) is 14.2 Å². The zero-order chi connectivity index (χ0) is 26.6. The summed E-state index contributed by atoms with van der Waals surface area (Å²) >= 11 is 0. The molecule has 0 saturated heterocycles. The van der Waals surface area contributed by atoms with Crippen molar-refractivity contribution in [3.63, 3.8) is 0 Å². The number of carboxylic acid groups (broad SMARTS) is 1. The Labute approximate surface area is 222 Å². The van der Waals surface area contributed by atoms with Crippen molar-refractivity contribution in [1.29, 1.82) is 0 Å². The molecule has 0 radical (unpaired) electrons. The van der Waals surface area contributed by atoms with E-state index in [2.05, 4.69) is 5.32 Å². The van der Waals surface area contributed by atoms with Crippen molar-refractivity contribution in [2.24, 2.45) is 11.8 Å². The normalized spacial score (nSPS) is 21.7. The predicted octanol–water partition coefficient (Wildman–Crippen LogP) is 6.33. The van der Waals surface area contributed by atoms with Gasteiger partial charge in [0.2, 0.25) is 5.91 Å². The summed E-state index contributed by atoms with van der Waals surface area (Å²) in [4.78, 5) is 24.8. The van der Waals surface area contributed by atoms with Crippen molar-refractivity contribution in [3.8, 4) is 22.6 Å². The number of amides is 1. The first-order valence-electron chi connectivity index (χ1n) is 13.8. The summed E-state index contributed by atoms with van der Waals surface area (Å²) in [6, 6.07) is 8.54. The van der Waals surface area contributed by atoms with E-state index >= 15 is 4.39 Å². The van der Waals surface area contributed by atoms with Gasteiger partial charge in [-0.05, 0) is 67.9 Å². The fourth-order valence-corrected chi connectivity index (χ4v) is 5.63. The molecule has 3 saturated carbocycles. The van der Waals surface area contributed by atoms with Crippen LogP contribution in [0.1, 0.15) is 69.8 Å². The van der Waals surface area contributed by atoms with Gasteiger partial charge >= 0.3 is 5.97 Å². The molecular formula is C30H36FNO6. The molecule has 2 aromatic rings. The maximum atomic E-state index is 15.7. The van der Waals surface area contributed by atoms with Crippen LogP contribution in [0, 0.1) is 17.7 Å².